The molecule has 1 aromatic rings. The highest BCUT2D eigenvalue weighted by Crippen LogP contribution is 2.46. The van der Waals surface area contributed by atoms with Crippen LogP contribution in [-0.2, 0) is 28.8 Å². The second-order valence-corrected chi connectivity index (χ2v) is 17.4. The number of ketones is 1. The van der Waals surface area contributed by atoms with Crippen molar-refractivity contribution in [2.24, 2.45) is 11.3 Å². The summed E-state index contributed by atoms with van der Waals surface area (Å²) in [6, 6.07) is -4.98. The first-order valence-corrected chi connectivity index (χ1v) is 20.5. The first-order chi connectivity index (χ1) is 27.2. The third-order valence-corrected chi connectivity index (χ3v) is 12.2. The number of hydrogen-bond donors (Lipinski definition) is 4. The van der Waals surface area contributed by atoms with Crippen molar-refractivity contribution in [3.8, 4) is 12.3 Å². The van der Waals surface area contributed by atoms with E-state index in [0.29, 0.717) is 32.2 Å². The molecule has 3 aliphatic heterocycles. The van der Waals surface area contributed by atoms with Crippen molar-refractivity contribution in [2.75, 3.05) is 19.6 Å². The maximum absolute atomic E-state index is 15.2. The Morgan fingerprint density at radius 3 is 2.35 bits per heavy atom. The normalized spacial score (nSPS) is 25.3. The molecule has 0 aromatic carbocycles. The lowest BCUT2D eigenvalue weighted by Crippen LogP contribution is -2.62. The van der Waals surface area contributed by atoms with Gasteiger partial charge in [-0.15, -0.1) is 6.42 Å². The Hall–Kier alpha value is -4.91. The molecule has 308 valence electrons. The van der Waals surface area contributed by atoms with Crippen LogP contribution in [0, 0.1) is 23.7 Å². The van der Waals surface area contributed by atoms with Crippen LogP contribution in [0.5, 0.6) is 0 Å². The van der Waals surface area contributed by atoms with Crippen molar-refractivity contribution in [1.29, 1.82) is 0 Å². The van der Waals surface area contributed by atoms with Crippen LogP contribution < -0.4 is 21.3 Å². The van der Waals surface area contributed by atoms with E-state index >= 15 is 4.79 Å². The zero-order valence-electron chi connectivity index (χ0n) is 33.6. The van der Waals surface area contributed by atoms with Crippen molar-refractivity contribution >= 4 is 41.2 Å². The minimum Gasteiger partial charge on any atom is -0.347 e. The molecule has 0 bridgehead atoms. The summed E-state index contributed by atoms with van der Waals surface area (Å²) in [5.41, 5.74) is -1.95. The zero-order valence-corrected chi connectivity index (χ0v) is 33.6. The summed E-state index contributed by atoms with van der Waals surface area (Å²) >= 11 is 0. The fourth-order valence-electron chi connectivity index (χ4n) is 9.13. The molecule has 4 heterocycles. The number of nitrogens with one attached hydrogen (secondary N) is 4. The number of hydrogen-bond acceptors (Lipinski definition) is 10. The van der Waals surface area contributed by atoms with Crippen molar-refractivity contribution < 1.29 is 33.6 Å². The summed E-state index contributed by atoms with van der Waals surface area (Å²) in [5.74, 6) is -1.58. The average Bonchev–Trinajstić information content (AvgIpc) is 3.62. The Bertz CT molecular complexity index is 1770. The highest BCUT2D eigenvalue weighted by molar-refractivity contribution is 6.38. The number of aromatic nitrogens is 2. The number of likely N-dealkylation sites (tertiary alicyclic amines) is 1. The van der Waals surface area contributed by atoms with E-state index in [-0.39, 0.29) is 49.5 Å². The van der Waals surface area contributed by atoms with Crippen LogP contribution in [-0.4, -0.2) is 127 Å². The van der Waals surface area contributed by atoms with Gasteiger partial charge in [-0.25, -0.2) is 4.98 Å². The van der Waals surface area contributed by atoms with Gasteiger partial charge in [-0.1, -0.05) is 59.3 Å². The van der Waals surface area contributed by atoms with Crippen molar-refractivity contribution in [1.82, 2.24) is 45.9 Å². The van der Waals surface area contributed by atoms with Gasteiger partial charge in [0.2, 0.25) is 29.4 Å². The van der Waals surface area contributed by atoms with Crippen LogP contribution in [0.1, 0.15) is 115 Å². The Morgan fingerprint density at radius 2 is 1.72 bits per heavy atom. The Balaban J connectivity index is 1.32. The third kappa shape index (κ3) is 8.83. The summed E-state index contributed by atoms with van der Waals surface area (Å²) in [7, 11) is 0. The van der Waals surface area contributed by atoms with Gasteiger partial charge in [-0.2, -0.15) is 0 Å². The molecule has 3 saturated heterocycles. The number of carbonyl (C=O) groups is 7. The van der Waals surface area contributed by atoms with E-state index in [9.17, 15) is 28.8 Å². The number of carbonyl (C=O) groups excluding carboxylic acids is 7. The quantitative estimate of drug-likeness (QED) is 0.156. The number of rotatable bonds is 14. The number of amides is 6. The van der Waals surface area contributed by atoms with E-state index in [4.69, 9.17) is 6.42 Å². The SMILES string of the molecule is C#CCN1C(=O)C2CCCN2C12C[C@@H](C(=O)NC(CCC)C(=O)C(=O)NC1CC1)N(C(=O)[C@@H](NC(=O)[C@@H](NC(=O)c1cnccn1)C1CCCCC1)C(C)(C)C)C2. The van der Waals surface area contributed by atoms with Crippen molar-refractivity contribution in [3.63, 3.8) is 0 Å². The summed E-state index contributed by atoms with van der Waals surface area (Å²) in [4.78, 5) is 111. The monoisotopic (exact) mass is 787 g/mol. The van der Waals surface area contributed by atoms with E-state index in [1.807, 2.05) is 11.8 Å². The van der Waals surface area contributed by atoms with Crippen LogP contribution in [0.2, 0.25) is 0 Å². The summed E-state index contributed by atoms with van der Waals surface area (Å²) < 4.78 is 0. The van der Waals surface area contributed by atoms with E-state index in [0.717, 1.165) is 38.5 Å². The van der Waals surface area contributed by atoms with E-state index < -0.39 is 76.6 Å². The van der Waals surface area contributed by atoms with Gasteiger partial charge < -0.3 is 31.1 Å². The van der Waals surface area contributed by atoms with Gasteiger partial charge in [0.05, 0.1) is 31.4 Å². The Morgan fingerprint density at radius 1 is 0.982 bits per heavy atom. The largest absolute Gasteiger partial charge is 0.347 e. The first kappa shape index (κ1) is 41.7. The van der Waals surface area contributed by atoms with Crippen LogP contribution in [0.15, 0.2) is 18.6 Å². The van der Waals surface area contributed by atoms with Crippen LogP contribution >= 0.6 is 0 Å². The molecule has 3 unspecified atom stereocenters. The molecule has 6 atom stereocenters. The first-order valence-electron chi connectivity index (χ1n) is 20.5. The lowest BCUT2D eigenvalue weighted by Gasteiger charge is -2.40. The summed E-state index contributed by atoms with van der Waals surface area (Å²) in [6.45, 7) is 7.71. The lowest BCUT2D eigenvalue weighted by molar-refractivity contribution is -0.145. The molecule has 2 aliphatic carbocycles. The molecule has 4 N–H and O–H groups in total. The predicted molar refractivity (Wildman–Crippen MR) is 207 cm³/mol. The maximum atomic E-state index is 15.2. The molecule has 2 saturated carbocycles. The van der Waals surface area contributed by atoms with Gasteiger partial charge in [0, 0.05) is 31.4 Å². The zero-order chi connectivity index (χ0) is 41.1. The molecule has 57 heavy (non-hydrogen) atoms. The van der Waals surface area contributed by atoms with Gasteiger partial charge in [0.15, 0.2) is 0 Å². The van der Waals surface area contributed by atoms with Gasteiger partial charge in [-0.05, 0) is 56.3 Å². The topological polar surface area (TPSA) is 203 Å². The van der Waals surface area contributed by atoms with Gasteiger partial charge in [0.25, 0.3) is 11.8 Å². The summed E-state index contributed by atoms with van der Waals surface area (Å²) in [6.07, 6.45) is 17.8. The van der Waals surface area contributed by atoms with E-state index in [1.54, 1.807) is 25.7 Å². The second kappa shape index (κ2) is 17.3. The summed E-state index contributed by atoms with van der Waals surface area (Å²) in [5, 5.41) is 11.4. The molecular formula is C41H57N9O7. The van der Waals surface area contributed by atoms with E-state index in [2.05, 4.69) is 37.2 Å². The molecule has 0 radical (unpaired) electrons. The lowest BCUT2D eigenvalue weighted by atomic mass is 9.82. The van der Waals surface area contributed by atoms with Crippen LogP contribution in [0.4, 0.5) is 0 Å². The van der Waals surface area contributed by atoms with Gasteiger partial charge >= 0.3 is 0 Å². The highest BCUT2D eigenvalue weighted by atomic mass is 16.2. The fraction of sp³-hybridized carbons (Fsp3) is 0.683. The maximum Gasteiger partial charge on any atom is 0.289 e. The van der Waals surface area contributed by atoms with Gasteiger partial charge in [0.1, 0.15) is 29.5 Å². The Labute approximate surface area is 334 Å². The Kier molecular flexibility index (Phi) is 12.7. The second-order valence-electron chi connectivity index (χ2n) is 17.4. The molecule has 16 nitrogen and oxygen atoms in total. The number of fused-ring (bicyclic) bond motifs is 2. The minimum absolute atomic E-state index is 0.0134. The molecule has 1 spiro atoms. The van der Waals surface area contributed by atoms with Crippen LogP contribution in [0.3, 0.4) is 0 Å². The number of nitrogens with zero attached hydrogens (tertiary/aromatic N) is 5. The molecular weight excluding hydrogens is 731 g/mol. The molecule has 5 aliphatic rings. The smallest absolute Gasteiger partial charge is 0.289 e. The minimum atomic E-state index is -1.18. The number of terminal acetylenes is 1. The average molecular weight is 788 g/mol. The predicted octanol–water partition coefficient (Wildman–Crippen LogP) is 1.06. The third-order valence-electron chi connectivity index (χ3n) is 12.2. The van der Waals surface area contributed by atoms with E-state index in [1.165, 1.54) is 23.5 Å². The molecule has 16 heteroatoms. The molecule has 1 aromatic heterocycles. The standard InChI is InChI=1S/C41H57N9O7/c1-6-12-27(32(51)37(55)44-26-16-17-26)45-35(53)30-22-41(49-21-11-15-29(49)38(56)50(41)20-7-2)24-48(30)39(57)33(40(3,4)5)47-36(54)31(25-13-9-8-10-14-25)46-34(52)28-23-42-18-19-43-28/h2,18-19,23,25-27,29-31,33H,6,8-17,20-22,24H2,1,3-5H3,(H,44,55)(H,45,53)(H,46,52)(H,47,54)/t27?,29?,30-,31-,33+,41?/m0/s1. The number of Topliss-reactive ketones (excluding diaryl/α,β-unsaturated/α-hetero) is 1. The van der Waals surface area contributed by atoms with Crippen molar-refractivity contribution in [2.45, 2.75) is 147 Å². The highest BCUT2D eigenvalue weighted by Gasteiger charge is 2.64. The van der Waals surface area contributed by atoms with Crippen LogP contribution in [0.25, 0.3) is 0 Å². The molecule has 5 fully saturated rings. The van der Waals surface area contributed by atoms with Crippen molar-refractivity contribution in [3.05, 3.63) is 24.3 Å². The molecule has 6 amide bonds. The van der Waals surface area contributed by atoms with Gasteiger partial charge in [-0.3, -0.25) is 43.4 Å². The molecule has 6 rings (SSSR count). The fourth-order valence-corrected chi connectivity index (χ4v) is 9.13.